The van der Waals surface area contributed by atoms with E-state index in [1.807, 2.05) is 50.1 Å². The molecule has 4 rings (SSSR count). The molecule has 0 amide bonds. The summed E-state index contributed by atoms with van der Waals surface area (Å²) >= 11 is 0. The molecule has 2 aromatic heterocycles. The standard InChI is InChI=1S/C19H23N5O3/c1-12-16(13(2)22(3)21-12)17(18(25)26)23-8-10-24(11-9-23)19-20-14-6-4-5-7-15(14)27-19/h4-7,17H,8-11H2,1-3H3,(H,25,26)/t17-/m0/s1. The lowest BCUT2D eigenvalue weighted by Gasteiger charge is -2.37. The quantitative estimate of drug-likeness (QED) is 0.754. The van der Waals surface area contributed by atoms with E-state index in [-0.39, 0.29) is 0 Å². The van der Waals surface area contributed by atoms with E-state index in [9.17, 15) is 9.90 Å². The molecular formula is C19H23N5O3. The Morgan fingerprint density at radius 3 is 2.48 bits per heavy atom. The number of rotatable bonds is 4. The second-order valence-corrected chi connectivity index (χ2v) is 6.94. The second kappa shape index (κ2) is 6.70. The van der Waals surface area contributed by atoms with Crippen LogP contribution in [0.1, 0.15) is 23.0 Å². The van der Waals surface area contributed by atoms with Gasteiger partial charge in [0, 0.05) is 44.5 Å². The third-order valence-corrected chi connectivity index (χ3v) is 5.30. The first kappa shape index (κ1) is 17.5. The van der Waals surface area contributed by atoms with E-state index >= 15 is 0 Å². The van der Waals surface area contributed by atoms with Crippen molar-refractivity contribution in [3.05, 3.63) is 41.2 Å². The normalized spacial score (nSPS) is 16.8. The van der Waals surface area contributed by atoms with Crippen molar-refractivity contribution >= 4 is 23.1 Å². The van der Waals surface area contributed by atoms with E-state index in [1.54, 1.807) is 4.68 Å². The summed E-state index contributed by atoms with van der Waals surface area (Å²) in [6.45, 7) is 6.34. The van der Waals surface area contributed by atoms with Crippen LogP contribution < -0.4 is 4.90 Å². The Hall–Kier alpha value is -2.87. The number of carboxylic acid groups (broad SMARTS) is 1. The molecule has 3 aromatic rings. The first-order valence-corrected chi connectivity index (χ1v) is 9.03. The molecular weight excluding hydrogens is 346 g/mol. The highest BCUT2D eigenvalue weighted by atomic mass is 16.4. The van der Waals surface area contributed by atoms with Gasteiger partial charge in [0.05, 0.1) is 5.69 Å². The van der Waals surface area contributed by atoms with Gasteiger partial charge in [0.25, 0.3) is 6.01 Å². The maximum absolute atomic E-state index is 12.1. The summed E-state index contributed by atoms with van der Waals surface area (Å²) in [4.78, 5) is 20.7. The summed E-state index contributed by atoms with van der Waals surface area (Å²) < 4.78 is 7.59. The van der Waals surface area contributed by atoms with Crippen LogP contribution in [0.5, 0.6) is 0 Å². The maximum Gasteiger partial charge on any atom is 0.325 e. The minimum absolute atomic E-state index is 0.594. The zero-order valence-electron chi connectivity index (χ0n) is 15.7. The van der Waals surface area contributed by atoms with Crippen LogP contribution in [-0.4, -0.2) is 56.9 Å². The van der Waals surface area contributed by atoms with Crippen molar-refractivity contribution in [1.82, 2.24) is 19.7 Å². The van der Waals surface area contributed by atoms with E-state index in [0.717, 1.165) is 28.1 Å². The summed E-state index contributed by atoms with van der Waals surface area (Å²) in [5.41, 5.74) is 4.05. The molecule has 1 aliphatic heterocycles. The van der Waals surface area contributed by atoms with Gasteiger partial charge in [-0.05, 0) is 26.0 Å². The van der Waals surface area contributed by atoms with Gasteiger partial charge in [0.15, 0.2) is 5.58 Å². The molecule has 3 heterocycles. The number of aromatic nitrogens is 3. The number of benzene rings is 1. The lowest BCUT2D eigenvalue weighted by atomic mass is 10.0. The summed E-state index contributed by atoms with van der Waals surface area (Å²) in [6, 6.07) is 7.58. The molecule has 1 saturated heterocycles. The number of aryl methyl sites for hydroxylation is 2. The molecule has 0 spiro atoms. The number of para-hydroxylation sites is 2. The van der Waals surface area contributed by atoms with Crippen LogP contribution in [0.25, 0.3) is 11.1 Å². The van der Waals surface area contributed by atoms with Crippen molar-refractivity contribution in [2.45, 2.75) is 19.9 Å². The van der Waals surface area contributed by atoms with Crippen molar-refractivity contribution in [1.29, 1.82) is 0 Å². The third-order valence-electron chi connectivity index (χ3n) is 5.30. The number of fused-ring (bicyclic) bond motifs is 1. The zero-order chi connectivity index (χ0) is 19.1. The van der Waals surface area contributed by atoms with Crippen molar-refractivity contribution in [2.24, 2.45) is 7.05 Å². The van der Waals surface area contributed by atoms with Gasteiger partial charge in [0.2, 0.25) is 0 Å². The smallest absolute Gasteiger partial charge is 0.325 e. The first-order chi connectivity index (χ1) is 13.0. The van der Waals surface area contributed by atoms with Crippen LogP contribution in [0.2, 0.25) is 0 Å². The highest BCUT2D eigenvalue weighted by Crippen LogP contribution is 2.29. The van der Waals surface area contributed by atoms with E-state index in [0.29, 0.717) is 32.2 Å². The first-order valence-electron chi connectivity index (χ1n) is 9.03. The number of hydrogen-bond acceptors (Lipinski definition) is 6. The number of nitrogens with zero attached hydrogens (tertiary/aromatic N) is 5. The summed E-state index contributed by atoms with van der Waals surface area (Å²) in [5.74, 6) is -0.843. The zero-order valence-corrected chi connectivity index (χ0v) is 15.7. The summed E-state index contributed by atoms with van der Waals surface area (Å²) in [5, 5.41) is 14.3. The predicted octanol–water partition coefficient (Wildman–Crippen LogP) is 2.13. The van der Waals surface area contributed by atoms with Gasteiger partial charge < -0.3 is 14.4 Å². The Bertz CT molecular complexity index is 952. The Balaban J connectivity index is 1.54. The molecule has 1 fully saturated rings. The molecule has 142 valence electrons. The van der Waals surface area contributed by atoms with Gasteiger partial charge in [0.1, 0.15) is 11.6 Å². The number of hydrogen-bond donors (Lipinski definition) is 1. The fourth-order valence-electron chi connectivity index (χ4n) is 3.81. The van der Waals surface area contributed by atoms with Gasteiger partial charge in [-0.3, -0.25) is 14.4 Å². The van der Waals surface area contributed by atoms with Crippen LogP contribution in [0.15, 0.2) is 28.7 Å². The van der Waals surface area contributed by atoms with E-state index < -0.39 is 12.0 Å². The van der Waals surface area contributed by atoms with Crippen LogP contribution in [0.3, 0.4) is 0 Å². The van der Waals surface area contributed by atoms with Crippen molar-refractivity contribution in [2.75, 3.05) is 31.1 Å². The Labute approximate surface area is 157 Å². The van der Waals surface area contributed by atoms with E-state index in [1.165, 1.54) is 0 Å². The fraction of sp³-hybridized carbons (Fsp3) is 0.421. The molecule has 0 radical (unpaired) electrons. The number of oxazole rings is 1. The van der Waals surface area contributed by atoms with Crippen molar-refractivity contribution < 1.29 is 14.3 Å². The molecule has 27 heavy (non-hydrogen) atoms. The molecule has 0 unspecified atom stereocenters. The lowest BCUT2D eigenvalue weighted by Crippen LogP contribution is -2.49. The number of carbonyl (C=O) groups is 1. The van der Waals surface area contributed by atoms with Crippen molar-refractivity contribution in [3.63, 3.8) is 0 Å². The molecule has 1 aromatic carbocycles. The van der Waals surface area contributed by atoms with Crippen LogP contribution in [0.4, 0.5) is 6.01 Å². The SMILES string of the molecule is Cc1nn(C)c(C)c1[C@@H](C(=O)O)N1CCN(c2nc3ccccc3o2)CC1. The van der Waals surface area contributed by atoms with E-state index in [2.05, 4.69) is 15.0 Å². The predicted molar refractivity (Wildman–Crippen MR) is 101 cm³/mol. The number of anilines is 1. The minimum atomic E-state index is -0.843. The third kappa shape index (κ3) is 3.06. The Morgan fingerprint density at radius 2 is 1.89 bits per heavy atom. The number of piperazine rings is 1. The minimum Gasteiger partial charge on any atom is -0.480 e. The van der Waals surface area contributed by atoms with Gasteiger partial charge >= 0.3 is 5.97 Å². The second-order valence-electron chi connectivity index (χ2n) is 6.94. The molecule has 0 saturated carbocycles. The Morgan fingerprint density at radius 1 is 1.19 bits per heavy atom. The molecule has 8 heteroatoms. The van der Waals surface area contributed by atoms with Gasteiger partial charge in [-0.1, -0.05) is 12.1 Å². The molecule has 1 atom stereocenters. The maximum atomic E-state index is 12.1. The van der Waals surface area contributed by atoms with Gasteiger partial charge in [-0.2, -0.15) is 10.1 Å². The van der Waals surface area contributed by atoms with Crippen LogP contribution in [-0.2, 0) is 11.8 Å². The molecule has 0 bridgehead atoms. The highest BCUT2D eigenvalue weighted by molar-refractivity contribution is 5.76. The average Bonchev–Trinajstić information content (AvgIpc) is 3.18. The molecule has 1 N–H and O–H groups in total. The largest absolute Gasteiger partial charge is 0.480 e. The molecule has 1 aliphatic rings. The lowest BCUT2D eigenvalue weighted by molar-refractivity contribution is -0.143. The van der Waals surface area contributed by atoms with Crippen LogP contribution >= 0.6 is 0 Å². The Kier molecular flexibility index (Phi) is 4.35. The van der Waals surface area contributed by atoms with Crippen molar-refractivity contribution in [3.8, 4) is 0 Å². The topological polar surface area (TPSA) is 87.6 Å². The van der Waals surface area contributed by atoms with Crippen LogP contribution in [0, 0.1) is 13.8 Å². The number of aliphatic carboxylic acids is 1. The van der Waals surface area contributed by atoms with Gasteiger partial charge in [-0.25, -0.2) is 0 Å². The number of carboxylic acids is 1. The summed E-state index contributed by atoms with van der Waals surface area (Å²) in [6.07, 6.45) is 0. The van der Waals surface area contributed by atoms with Gasteiger partial charge in [-0.15, -0.1) is 0 Å². The fourth-order valence-corrected chi connectivity index (χ4v) is 3.81. The highest BCUT2D eigenvalue weighted by Gasteiger charge is 2.34. The molecule has 0 aliphatic carbocycles. The molecule has 8 nitrogen and oxygen atoms in total. The summed E-state index contributed by atoms with van der Waals surface area (Å²) in [7, 11) is 1.84. The average molecular weight is 369 g/mol. The van der Waals surface area contributed by atoms with E-state index in [4.69, 9.17) is 4.42 Å². The monoisotopic (exact) mass is 369 g/mol.